The molecule has 0 unspecified atom stereocenters. The molecule has 2 rings (SSSR count). The topological polar surface area (TPSA) is 29.0 Å². The van der Waals surface area contributed by atoms with Gasteiger partial charge in [0, 0.05) is 12.4 Å². The van der Waals surface area contributed by atoms with Crippen LogP contribution in [0, 0.1) is 0 Å². The van der Waals surface area contributed by atoms with Gasteiger partial charge in [-0.25, -0.2) is 18.7 Å². The number of fused-ring (bicyclic) bond motifs is 1. The Morgan fingerprint density at radius 1 is 1.41 bits per heavy atom. The van der Waals surface area contributed by atoms with E-state index >= 15 is 0 Å². The van der Waals surface area contributed by atoms with Crippen molar-refractivity contribution in [2.75, 3.05) is 23.9 Å². The smallest absolute Gasteiger partial charge is 0.255 e. The van der Waals surface area contributed by atoms with Crippen LogP contribution >= 0.6 is 22.9 Å². The summed E-state index contributed by atoms with van der Waals surface area (Å²) in [6.45, 7) is -0.0212. The van der Waals surface area contributed by atoms with Crippen molar-refractivity contribution in [3.63, 3.8) is 0 Å². The molecule has 2 aromatic heterocycles. The van der Waals surface area contributed by atoms with Crippen molar-refractivity contribution in [3.8, 4) is 0 Å². The van der Waals surface area contributed by atoms with Crippen molar-refractivity contribution in [2.24, 2.45) is 0 Å². The third-order valence-electron chi connectivity index (χ3n) is 2.24. The molecule has 92 valence electrons. The number of thiophene rings is 1. The van der Waals surface area contributed by atoms with Crippen LogP contribution in [0.3, 0.4) is 0 Å². The Morgan fingerprint density at radius 3 is 2.94 bits per heavy atom. The molecular weight excluding hydrogens is 268 g/mol. The van der Waals surface area contributed by atoms with E-state index in [0.717, 1.165) is 10.2 Å². The molecule has 0 fully saturated rings. The highest BCUT2D eigenvalue weighted by Crippen LogP contribution is 2.28. The van der Waals surface area contributed by atoms with Gasteiger partial charge in [0.1, 0.15) is 12.1 Å². The van der Waals surface area contributed by atoms with Gasteiger partial charge in [-0.15, -0.1) is 22.9 Å². The predicted molar refractivity (Wildman–Crippen MR) is 66.4 cm³/mol. The highest BCUT2D eigenvalue weighted by Gasteiger charge is 2.16. The molecule has 0 radical (unpaired) electrons. The summed E-state index contributed by atoms with van der Waals surface area (Å²) in [4.78, 5) is 9.66. The van der Waals surface area contributed by atoms with Crippen LogP contribution in [0.25, 0.3) is 10.2 Å². The van der Waals surface area contributed by atoms with Gasteiger partial charge in [-0.05, 0) is 11.4 Å². The van der Waals surface area contributed by atoms with Crippen LogP contribution in [0.15, 0.2) is 17.8 Å². The second-order valence-electron chi connectivity index (χ2n) is 3.36. The van der Waals surface area contributed by atoms with Crippen LogP contribution in [-0.4, -0.2) is 35.4 Å². The van der Waals surface area contributed by atoms with Gasteiger partial charge in [0.05, 0.1) is 16.8 Å². The first-order chi connectivity index (χ1) is 8.22. The van der Waals surface area contributed by atoms with E-state index in [1.165, 1.54) is 22.6 Å². The summed E-state index contributed by atoms with van der Waals surface area (Å²) < 4.78 is 25.8. The maximum atomic E-state index is 12.5. The van der Waals surface area contributed by atoms with Crippen LogP contribution in [0.5, 0.6) is 0 Å². The molecule has 2 heterocycles. The van der Waals surface area contributed by atoms with E-state index in [0.29, 0.717) is 12.4 Å². The first kappa shape index (κ1) is 12.4. The maximum Gasteiger partial charge on any atom is 0.255 e. The van der Waals surface area contributed by atoms with Gasteiger partial charge in [0.2, 0.25) is 0 Å². The quantitative estimate of drug-likeness (QED) is 0.787. The monoisotopic (exact) mass is 277 g/mol. The van der Waals surface area contributed by atoms with E-state index in [1.807, 2.05) is 11.4 Å². The molecule has 17 heavy (non-hydrogen) atoms. The number of anilines is 1. The van der Waals surface area contributed by atoms with Crippen molar-refractivity contribution in [2.45, 2.75) is 6.43 Å². The Morgan fingerprint density at radius 2 is 2.24 bits per heavy atom. The molecule has 0 aromatic carbocycles. The summed E-state index contributed by atoms with van der Waals surface area (Å²) in [5.74, 6) is 0.815. The van der Waals surface area contributed by atoms with Crippen molar-refractivity contribution in [1.82, 2.24) is 9.97 Å². The van der Waals surface area contributed by atoms with E-state index < -0.39 is 6.43 Å². The largest absolute Gasteiger partial charge is 0.348 e. The number of aromatic nitrogens is 2. The lowest BCUT2D eigenvalue weighted by molar-refractivity contribution is 0.155. The molecule has 0 saturated carbocycles. The molecule has 3 nitrogen and oxygen atoms in total. The molecule has 2 aromatic rings. The van der Waals surface area contributed by atoms with Crippen molar-refractivity contribution >= 4 is 39.0 Å². The Labute approximate surface area is 106 Å². The number of alkyl halides is 3. The molecule has 0 bridgehead atoms. The van der Waals surface area contributed by atoms with Crippen molar-refractivity contribution < 1.29 is 8.78 Å². The highest BCUT2D eigenvalue weighted by atomic mass is 35.5. The molecular formula is C10H10ClF2N3S. The summed E-state index contributed by atoms with van der Waals surface area (Å²) in [5.41, 5.74) is 0.772. The van der Waals surface area contributed by atoms with Gasteiger partial charge < -0.3 is 4.90 Å². The Balaban J connectivity index is 2.36. The lowest BCUT2D eigenvalue weighted by atomic mass is 10.4. The van der Waals surface area contributed by atoms with Gasteiger partial charge in [0.15, 0.2) is 0 Å². The lowest BCUT2D eigenvalue weighted by Gasteiger charge is -2.22. The fourth-order valence-electron chi connectivity index (χ4n) is 1.55. The van der Waals surface area contributed by atoms with E-state index in [-0.39, 0.29) is 12.4 Å². The zero-order valence-electron chi connectivity index (χ0n) is 8.81. The average molecular weight is 278 g/mol. The minimum Gasteiger partial charge on any atom is -0.348 e. The summed E-state index contributed by atoms with van der Waals surface area (Å²) in [6.07, 6.45) is -1.03. The minimum absolute atomic E-state index is 0.281. The standard InChI is InChI=1S/C10H10ClF2N3S/c11-2-3-16(5-8(12)13)10-9-7(1-4-17-9)14-6-15-10/h1,4,6,8H,2-3,5H2. The van der Waals surface area contributed by atoms with E-state index in [1.54, 1.807) is 0 Å². The summed E-state index contributed by atoms with van der Waals surface area (Å²) in [5, 5.41) is 1.87. The van der Waals surface area contributed by atoms with Crippen LogP contribution in [0.2, 0.25) is 0 Å². The van der Waals surface area contributed by atoms with Crippen molar-refractivity contribution in [1.29, 1.82) is 0 Å². The Bertz CT molecular complexity index is 491. The normalized spacial score (nSPS) is 11.3. The zero-order valence-corrected chi connectivity index (χ0v) is 10.4. The van der Waals surface area contributed by atoms with Gasteiger partial charge in [0.25, 0.3) is 6.43 Å². The van der Waals surface area contributed by atoms with Gasteiger partial charge in [-0.3, -0.25) is 0 Å². The maximum absolute atomic E-state index is 12.5. The summed E-state index contributed by atoms with van der Waals surface area (Å²) >= 11 is 7.07. The zero-order chi connectivity index (χ0) is 12.3. The Hall–Kier alpha value is -1.01. The summed E-state index contributed by atoms with van der Waals surface area (Å²) in [6, 6.07) is 1.84. The van der Waals surface area contributed by atoms with Gasteiger partial charge in [-0.2, -0.15) is 0 Å². The van der Waals surface area contributed by atoms with Crippen molar-refractivity contribution in [3.05, 3.63) is 17.8 Å². The minimum atomic E-state index is -2.41. The number of rotatable bonds is 5. The molecule has 0 amide bonds. The average Bonchev–Trinajstić information content (AvgIpc) is 2.75. The first-order valence-electron chi connectivity index (χ1n) is 4.99. The van der Waals surface area contributed by atoms with E-state index in [2.05, 4.69) is 9.97 Å². The Kier molecular flexibility index (Phi) is 4.06. The molecule has 0 saturated heterocycles. The molecule has 0 atom stereocenters. The molecule has 0 aliphatic heterocycles. The highest BCUT2D eigenvalue weighted by molar-refractivity contribution is 7.17. The fraction of sp³-hybridized carbons (Fsp3) is 0.400. The molecule has 0 N–H and O–H groups in total. The first-order valence-corrected chi connectivity index (χ1v) is 6.41. The summed E-state index contributed by atoms with van der Waals surface area (Å²) in [7, 11) is 0. The van der Waals surface area contributed by atoms with Crippen LogP contribution in [-0.2, 0) is 0 Å². The molecule has 0 aliphatic carbocycles. The van der Waals surface area contributed by atoms with E-state index in [4.69, 9.17) is 11.6 Å². The van der Waals surface area contributed by atoms with E-state index in [9.17, 15) is 8.78 Å². The van der Waals surface area contributed by atoms with Crippen LogP contribution in [0.4, 0.5) is 14.6 Å². The van der Waals surface area contributed by atoms with Crippen LogP contribution < -0.4 is 4.90 Å². The second kappa shape index (κ2) is 5.55. The van der Waals surface area contributed by atoms with Crippen LogP contribution in [0.1, 0.15) is 0 Å². The van der Waals surface area contributed by atoms with Gasteiger partial charge in [-0.1, -0.05) is 0 Å². The second-order valence-corrected chi connectivity index (χ2v) is 4.65. The number of hydrogen-bond acceptors (Lipinski definition) is 4. The number of hydrogen-bond donors (Lipinski definition) is 0. The molecule has 7 heteroatoms. The fourth-order valence-corrected chi connectivity index (χ4v) is 2.62. The number of nitrogens with zero attached hydrogens (tertiary/aromatic N) is 3. The predicted octanol–water partition coefficient (Wildman–Crippen LogP) is 3.00. The van der Waals surface area contributed by atoms with Gasteiger partial charge >= 0.3 is 0 Å². The lowest BCUT2D eigenvalue weighted by Crippen LogP contribution is -2.31. The third kappa shape index (κ3) is 2.81. The SMILES string of the molecule is FC(F)CN(CCCl)c1ncnc2ccsc12. The molecule has 0 aliphatic rings. The number of halogens is 3. The third-order valence-corrected chi connectivity index (χ3v) is 3.31. The molecule has 0 spiro atoms.